The van der Waals surface area contributed by atoms with Crippen LogP contribution >= 0.6 is 0 Å². The number of fused-ring (bicyclic) bond motifs is 9. The summed E-state index contributed by atoms with van der Waals surface area (Å²) >= 11 is 0. The van der Waals surface area contributed by atoms with Gasteiger partial charge >= 0.3 is 0 Å². The van der Waals surface area contributed by atoms with Crippen LogP contribution in [0.2, 0.25) is 0 Å². The summed E-state index contributed by atoms with van der Waals surface area (Å²) in [5.74, 6) is 7.74. The highest BCUT2D eigenvalue weighted by Gasteiger charge is 2.64. The van der Waals surface area contributed by atoms with E-state index in [0.29, 0.717) is 0 Å². The summed E-state index contributed by atoms with van der Waals surface area (Å²) in [6.07, 6.45) is 6.00. The Kier molecular flexibility index (Phi) is 3.69. The van der Waals surface area contributed by atoms with Gasteiger partial charge in [-0.1, -0.05) is 36.4 Å². The molecular weight excluding hydrogens is 336 g/mol. The van der Waals surface area contributed by atoms with Crippen LogP contribution in [0.1, 0.15) is 70.9 Å². The Morgan fingerprint density at radius 2 is 1.32 bits per heavy atom. The van der Waals surface area contributed by atoms with E-state index in [2.05, 4.69) is 64.1 Å². The molecule has 4 aliphatic carbocycles. The predicted octanol–water partition coefficient (Wildman–Crippen LogP) is 7.10. The van der Waals surface area contributed by atoms with E-state index in [1.165, 1.54) is 42.4 Å². The molecule has 0 aliphatic heterocycles. The molecule has 0 radical (unpaired) electrons. The molecule has 146 valence electrons. The summed E-state index contributed by atoms with van der Waals surface area (Å²) in [6.45, 7) is 9.20. The molecule has 0 heteroatoms. The average Bonchev–Trinajstić information content (AvgIpc) is 3.44. The van der Waals surface area contributed by atoms with Crippen LogP contribution in [0.4, 0.5) is 0 Å². The van der Waals surface area contributed by atoms with Crippen molar-refractivity contribution in [2.75, 3.05) is 0 Å². The van der Waals surface area contributed by atoms with Crippen LogP contribution in [0.3, 0.4) is 0 Å². The summed E-state index contributed by atoms with van der Waals surface area (Å²) in [7, 11) is 0. The first-order chi connectivity index (χ1) is 13.5. The second-order valence-corrected chi connectivity index (χ2v) is 10.8. The van der Waals surface area contributed by atoms with E-state index < -0.39 is 0 Å². The maximum Gasteiger partial charge on any atom is -0.0125 e. The first-order valence-corrected chi connectivity index (χ1v) is 11.7. The lowest BCUT2D eigenvalue weighted by atomic mass is 9.62. The van der Waals surface area contributed by atoms with E-state index in [4.69, 9.17) is 0 Å². The zero-order chi connectivity index (χ0) is 19.2. The van der Waals surface area contributed by atoms with Crippen molar-refractivity contribution in [1.29, 1.82) is 0 Å². The van der Waals surface area contributed by atoms with Crippen LogP contribution in [0.5, 0.6) is 0 Å². The maximum absolute atomic E-state index is 2.52. The second-order valence-electron chi connectivity index (χ2n) is 10.8. The fourth-order valence-electron chi connectivity index (χ4n) is 8.51. The Hall–Kier alpha value is -1.56. The minimum atomic E-state index is 0.851. The Labute approximate surface area is 170 Å². The average molecular weight is 371 g/mol. The molecule has 0 aromatic heterocycles. The zero-order valence-corrected chi connectivity index (χ0v) is 17.9. The third kappa shape index (κ3) is 2.24. The number of hydrogen-bond acceptors (Lipinski definition) is 0. The maximum atomic E-state index is 2.52. The van der Waals surface area contributed by atoms with E-state index in [-0.39, 0.29) is 0 Å². The highest BCUT2D eigenvalue weighted by Crippen LogP contribution is 2.73. The Balaban J connectivity index is 1.29. The normalized spacial score (nSPS) is 40.3. The lowest BCUT2D eigenvalue weighted by Crippen LogP contribution is -2.34. The summed E-state index contributed by atoms with van der Waals surface area (Å²) in [5, 5.41) is 0. The van der Waals surface area contributed by atoms with Crippen LogP contribution < -0.4 is 0 Å². The molecular formula is C28H34. The monoisotopic (exact) mass is 370 g/mol. The van der Waals surface area contributed by atoms with Crippen molar-refractivity contribution in [3.05, 3.63) is 69.8 Å². The lowest BCUT2D eigenvalue weighted by molar-refractivity contribution is 0.117. The van der Waals surface area contributed by atoms with Gasteiger partial charge in [0.1, 0.15) is 0 Å². The fourth-order valence-corrected chi connectivity index (χ4v) is 8.51. The molecule has 8 unspecified atom stereocenters. The fraction of sp³-hybridized carbons (Fsp3) is 0.571. The molecule has 8 atom stereocenters. The van der Waals surface area contributed by atoms with Crippen molar-refractivity contribution in [3.8, 4) is 0 Å². The highest BCUT2D eigenvalue weighted by atomic mass is 14.7. The van der Waals surface area contributed by atoms with Gasteiger partial charge in [-0.15, -0.1) is 0 Å². The molecule has 4 fully saturated rings. The second kappa shape index (κ2) is 5.97. The number of rotatable bonds is 2. The molecule has 6 rings (SSSR count). The van der Waals surface area contributed by atoms with Crippen LogP contribution in [0.25, 0.3) is 0 Å². The van der Waals surface area contributed by atoms with E-state index >= 15 is 0 Å². The molecule has 2 aromatic rings. The lowest BCUT2D eigenvalue weighted by Gasteiger charge is -2.42. The smallest absolute Gasteiger partial charge is 0.0125 e. The molecule has 28 heavy (non-hydrogen) atoms. The zero-order valence-electron chi connectivity index (χ0n) is 17.9. The van der Waals surface area contributed by atoms with E-state index in [1.807, 2.05) is 0 Å². The number of aryl methyl sites for hydroxylation is 3. The summed E-state index contributed by atoms with van der Waals surface area (Å²) in [4.78, 5) is 0. The molecule has 4 saturated carbocycles. The van der Waals surface area contributed by atoms with Crippen molar-refractivity contribution in [2.45, 2.75) is 65.2 Å². The Morgan fingerprint density at radius 3 is 2.04 bits per heavy atom. The molecule has 0 N–H and O–H groups in total. The molecule has 0 heterocycles. The van der Waals surface area contributed by atoms with E-state index in [1.54, 1.807) is 16.7 Å². The minimum Gasteiger partial charge on any atom is -0.0617 e. The standard InChI is InChI=1S/C28H34/c1-15-8-9-19(10-17(15)3)23-11-20-13-25(23)27-21-12-24(26(14-21)28(20)27)22-7-5-6-16(2)18(22)4/h5-10,20-21,23-28H,11-14H2,1-4H3. The van der Waals surface area contributed by atoms with Gasteiger partial charge in [0.2, 0.25) is 0 Å². The molecule has 0 nitrogen and oxygen atoms in total. The molecule has 4 aliphatic rings. The van der Waals surface area contributed by atoms with E-state index in [0.717, 1.165) is 47.3 Å². The Morgan fingerprint density at radius 1 is 0.643 bits per heavy atom. The van der Waals surface area contributed by atoms with Crippen molar-refractivity contribution in [2.24, 2.45) is 35.5 Å². The van der Waals surface area contributed by atoms with Crippen molar-refractivity contribution < 1.29 is 0 Å². The molecule has 4 bridgehead atoms. The molecule has 0 saturated heterocycles. The third-order valence-electron chi connectivity index (χ3n) is 9.82. The highest BCUT2D eigenvalue weighted by molar-refractivity contribution is 5.39. The molecule has 0 amide bonds. The molecule has 0 spiro atoms. The summed E-state index contributed by atoms with van der Waals surface area (Å²) in [5.41, 5.74) is 9.34. The van der Waals surface area contributed by atoms with Crippen LogP contribution in [-0.2, 0) is 0 Å². The van der Waals surface area contributed by atoms with Crippen molar-refractivity contribution >= 4 is 0 Å². The largest absolute Gasteiger partial charge is 0.0617 e. The van der Waals surface area contributed by atoms with Gasteiger partial charge in [0, 0.05) is 0 Å². The first-order valence-electron chi connectivity index (χ1n) is 11.7. The molecule has 2 aromatic carbocycles. The van der Waals surface area contributed by atoms with Gasteiger partial charge in [-0.25, -0.2) is 0 Å². The van der Waals surface area contributed by atoms with Gasteiger partial charge in [-0.2, -0.15) is 0 Å². The summed E-state index contributed by atoms with van der Waals surface area (Å²) < 4.78 is 0. The van der Waals surface area contributed by atoms with Crippen LogP contribution in [0.15, 0.2) is 36.4 Å². The van der Waals surface area contributed by atoms with Gasteiger partial charge in [0.15, 0.2) is 0 Å². The Bertz CT molecular complexity index is 937. The predicted molar refractivity (Wildman–Crippen MR) is 117 cm³/mol. The van der Waals surface area contributed by atoms with Gasteiger partial charge in [-0.05, 0) is 134 Å². The van der Waals surface area contributed by atoms with Crippen LogP contribution in [-0.4, -0.2) is 0 Å². The third-order valence-corrected chi connectivity index (χ3v) is 9.82. The van der Waals surface area contributed by atoms with E-state index in [9.17, 15) is 0 Å². The van der Waals surface area contributed by atoms with Gasteiger partial charge in [0.05, 0.1) is 0 Å². The van der Waals surface area contributed by atoms with Crippen LogP contribution in [0, 0.1) is 63.2 Å². The van der Waals surface area contributed by atoms with Gasteiger partial charge in [-0.3, -0.25) is 0 Å². The quantitative estimate of drug-likeness (QED) is 0.495. The van der Waals surface area contributed by atoms with Crippen molar-refractivity contribution in [3.63, 3.8) is 0 Å². The first kappa shape index (κ1) is 17.3. The van der Waals surface area contributed by atoms with Gasteiger partial charge in [0.25, 0.3) is 0 Å². The SMILES string of the molecule is Cc1ccc(C2CC3CC2C2C4CC(c5cccc(C)c5C)C(C4)C32)cc1C. The number of benzene rings is 2. The van der Waals surface area contributed by atoms with Crippen molar-refractivity contribution in [1.82, 2.24) is 0 Å². The topological polar surface area (TPSA) is 0 Å². The number of hydrogen-bond donors (Lipinski definition) is 0. The summed E-state index contributed by atoms with van der Waals surface area (Å²) in [6, 6.07) is 14.4. The van der Waals surface area contributed by atoms with Gasteiger partial charge < -0.3 is 0 Å². The minimum absolute atomic E-state index is 0.851.